The van der Waals surface area contributed by atoms with E-state index in [0.29, 0.717) is 16.8 Å². The lowest BCUT2D eigenvalue weighted by molar-refractivity contribution is 0.0376. The Morgan fingerprint density at radius 3 is 2.31 bits per heavy atom. The summed E-state index contributed by atoms with van der Waals surface area (Å²) in [4.78, 5) is 39.5. The number of halogens is 1. The number of hydrogen-bond donors (Lipinski definition) is 3. The second-order valence-corrected chi connectivity index (χ2v) is 6.37. The van der Waals surface area contributed by atoms with Crippen molar-refractivity contribution in [3.05, 3.63) is 57.4 Å². The molecule has 2 rings (SSSR count). The maximum Gasteiger partial charge on any atom is 0.340 e. The molecule has 7 nitrogen and oxygen atoms in total. The van der Waals surface area contributed by atoms with Crippen LogP contribution in [0, 0.1) is 13.8 Å². The zero-order chi connectivity index (χ0) is 19.4. The number of aromatic nitrogens is 1. The van der Waals surface area contributed by atoms with Crippen LogP contribution in [0.1, 0.15) is 56.3 Å². The van der Waals surface area contributed by atoms with Gasteiger partial charge in [0, 0.05) is 5.69 Å². The number of amides is 2. The van der Waals surface area contributed by atoms with Gasteiger partial charge in [-0.15, -0.1) is 0 Å². The summed E-state index contributed by atoms with van der Waals surface area (Å²) in [7, 11) is 0. The molecule has 0 saturated carbocycles. The van der Waals surface area contributed by atoms with Crippen LogP contribution in [-0.4, -0.2) is 28.9 Å². The van der Waals surface area contributed by atoms with Crippen LogP contribution in [0.15, 0.2) is 24.3 Å². The van der Waals surface area contributed by atoms with Crippen LogP contribution in [0.4, 0.5) is 0 Å². The average molecular weight is 378 g/mol. The number of carbonyl (C=O) groups excluding carboxylic acids is 3. The molecule has 1 aromatic carbocycles. The van der Waals surface area contributed by atoms with Crippen molar-refractivity contribution in [3.63, 3.8) is 0 Å². The molecule has 0 aliphatic heterocycles. The fourth-order valence-corrected chi connectivity index (χ4v) is 2.67. The summed E-state index contributed by atoms with van der Waals surface area (Å²) in [6, 6.07) is 6.46. The fraction of sp³-hybridized carbons (Fsp3) is 0.278. The van der Waals surface area contributed by atoms with Crippen LogP contribution in [0.5, 0.6) is 0 Å². The monoisotopic (exact) mass is 377 g/mol. The van der Waals surface area contributed by atoms with Crippen LogP contribution in [-0.2, 0) is 4.74 Å². The highest BCUT2D eigenvalue weighted by atomic mass is 35.5. The molecular formula is C18H20ClN3O4. The van der Waals surface area contributed by atoms with Crippen LogP contribution >= 0.6 is 11.6 Å². The first-order valence-electron chi connectivity index (χ1n) is 7.97. The third kappa shape index (κ3) is 4.23. The van der Waals surface area contributed by atoms with Crippen LogP contribution < -0.4 is 10.9 Å². The van der Waals surface area contributed by atoms with Crippen molar-refractivity contribution in [2.45, 2.75) is 33.8 Å². The number of ether oxygens (including phenoxy) is 1. The van der Waals surface area contributed by atoms with Gasteiger partial charge >= 0.3 is 5.97 Å². The predicted octanol–water partition coefficient (Wildman–Crippen LogP) is 2.92. The molecule has 0 fully saturated rings. The molecule has 0 atom stereocenters. The third-order valence-electron chi connectivity index (χ3n) is 3.62. The number of nitrogens with one attached hydrogen (secondary N) is 3. The third-order valence-corrected chi connectivity index (χ3v) is 3.95. The minimum Gasteiger partial charge on any atom is -0.459 e. The van der Waals surface area contributed by atoms with Crippen molar-refractivity contribution in [3.8, 4) is 0 Å². The standard InChI is InChI=1S/C18H20ClN3O4/c1-9(2)26-18(25)14-10(3)15(20-11(14)4)17(24)22-21-16(23)12-7-5-6-8-13(12)19/h5-9,20H,1-4H3,(H,21,23)(H,22,24). The summed E-state index contributed by atoms with van der Waals surface area (Å²) >= 11 is 5.95. The van der Waals surface area contributed by atoms with E-state index in [0.717, 1.165) is 0 Å². The first-order chi connectivity index (χ1) is 12.2. The largest absolute Gasteiger partial charge is 0.459 e. The molecule has 0 radical (unpaired) electrons. The Morgan fingerprint density at radius 2 is 1.69 bits per heavy atom. The van der Waals surface area contributed by atoms with Crippen molar-refractivity contribution in [1.29, 1.82) is 0 Å². The van der Waals surface area contributed by atoms with Gasteiger partial charge in [-0.25, -0.2) is 4.79 Å². The number of benzene rings is 1. The van der Waals surface area contributed by atoms with E-state index >= 15 is 0 Å². The molecule has 138 valence electrons. The Kier molecular flexibility index (Phi) is 6.05. The zero-order valence-corrected chi connectivity index (χ0v) is 15.7. The number of hydrazine groups is 1. The highest BCUT2D eigenvalue weighted by Crippen LogP contribution is 2.19. The van der Waals surface area contributed by atoms with Gasteiger partial charge in [0.15, 0.2) is 0 Å². The van der Waals surface area contributed by atoms with E-state index in [4.69, 9.17) is 16.3 Å². The molecule has 0 bridgehead atoms. The number of aromatic amines is 1. The molecule has 0 saturated heterocycles. The minimum atomic E-state index is -0.588. The number of esters is 1. The smallest absolute Gasteiger partial charge is 0.340 e. The summed E-state index contributed by atoms with van der Waals surface area (Å²) in [5, 5.41) is 0.268. The fourth-order valence-electron chi connectivity index (χ4n) is 2.44. The molecule has 0 aliphatic carbocycles. The van der Waals surface area contributed by atoms with E-state index in [-0.39, 0.29) is 22.4 Å². The van der Waals surface area contributed by atoms with Crippen molar-refractivity contribution >= 4 is 29.4 Å². The lowest BCUT2D eigenvalue weighted by Crippen LogP contribution is -2.42. The Hall–Kier alpha value is -2.80. The van der Waals surface area contributed by atoms with E-state index in [9.17, 15) is 14.4 Å². The maximum absolute atomic E-state index is 12.4. The van der Waals surface area contributed by atoms with Crippen molar-refractivity contribution in [2.75, 3.05) is 0 Å². The summed E-state index contributed by atoms with van der Waals surface area (Å²) in [6.45, 7) is 6.79. The van der Waals surface area contributed by atoms with Gasteiger partial charge in [-0.05, 0) is 45.4 Å². The normalized spacial score (nSPS) is 10.5. The van der Waals surface area contributed by atoms with Gasteiger partial charge in [-0.1, -0.05) is 23.7 Å². The topological polar surface area (TPSA) is 100 Å². The zero-order valence-electron chi connectivity index (χ0n) is 14.9. The second-order valence-electron chi connectivity index (χ2n) is 5.97. The maximum atomic E-state index is 12.4. The molecule has 0 unspecified atom stereocenters. The second kappa shape index (κ2) is 8.05. The predicted molar refractivity (Wildman–Crippen MR) is 97.2 cm³/mol. The van der Waals surface area contributed by atoms with E-state index < -0.39 is 17.8 Å². The van der Waals surface area contributed by atoms with Gasteiger partial charge < -0.3 is 9.72 Å². The number of rotatable bonds is 4. The first kappa shape index (κ1) is 19.5. The quantitative estimate of drug-likeness (QED) is 0.563. The molecule has 1 heterocycles. The highest BCUT2D eigenvalue weighted by molar-refractivity contribution is 6.33. The van der Waals surface area contributed by atoms with Gasteiger partial charge in [0.2, 0.25) is 0 Å². The van der Waals surface area contributed by atoms with Gasteiger partial charge in [0.05, 0.1) is 22.3 Å². The first-order valence-corrected chi connectivity index (χ1v) is 8.35. The van der Waals surface area contributed by atoms with Crippen LogP contribution in [0.3, 0.4) is 0 Å². The van der Waals surface area contributed by atoms with Crippen molar-refractivity contribution in [1.82, 2.24) is 15.8 Å². The molecule has 8 heteroatoms. The highest BCUT2D eigenvalue weighted by Gasteiger charge is 2.24. The SMILES string of the molecule is Cc1[nH]c(C(=O)NNC(=O)c2ccccc2Cl)c(C)c1C(=O)OC(C)C. The molecule has 0 aliphatic rings. The van der Waals surface area contributed by atoms with Gasteiger partial charge in [0.25, 0.3) is 11.8 Å². The Bertz CT molecular complexity index is 858. The Morgan fingerprint density at radius 1 is 1.08 bits per heavy atom. The Labute approximate surface area is 156 Å². The van der Waals surface area contributed by atoms with Gasteiger partial charge in [-0.2, -0.15) is 0 Å². The number of aryl methyl sites for hydroxylation is 1. The number of carbonyl (C=O) groups is 3. The van der Waals surface area contributed by atoms with Crippen LogP contribution in [0.2, 0.25) is 5.02 Å². The van der Waals surface area contributed by atoms with Crippen molar-refractivity contribution in [2.24, 2.45) is 0 Å². The lowest BCUT2D eigenvalue weighted by atomic mass is 10.1. The number of H-pyrrole nitrogens is 1. The molecule has 26 heavy (non-hydrogen) atoms. The van der Waals surface area contributed by atoms with E-state index in [1.807, 2.05) is 0 Å². The summed E-state index contributed by atoms with van der Waals surface area (Å²) in [6.07, 6.45) is -0.275. The molecule has 1 aromatic heterocycles. The Balaban J connectivity index is 2.12. The summed E-state index contributed by atoms with van der Waals surface area (Å²) in [5.41, 5.74) is 6.26. The summed E-state index contributed by atoms with van der Waals surface area (Å²) in [5.74, 6) is -1.65. The molecule has 3 N–H and O–H groups in total. The molecular weight excluding hydrogens is 358 g/mol. The van der Waals surface area contributed by atoms with Gasteiger partial charge in [-0.3, -0.25) is 20.4 Å². The molecule has 2 aromatic rings. The van der Waals surface area contributed by atoms with E-state index in [1.54, 1.807) is 45.9 Å². The minimum absolute atomic E-state index is 0.165. The average Bonchev–Trinajstić information content (AvgIpc) is 2.86. The summed E-state index contributed by atoms with van der Waals surface area (Å²) < 4.78 is 5.19. The van der Waals surface area contributed by atoms with Crippen molar-refractivity contribution < 1.29 is 19.1 Å². The van der Waals surface area contributed by atoms with Crippen LogP contribution in [0.25, 0.3) is 0 Å². The number of hydrogen-bond acceptors (Lipinski definition) is 4. The van der Waals surface area contributed by atoms with E-state index in [2.05, 4.69) is 15.8 Å². The molecule has 0 spiro atoms. The van der Waals surface area contributed by atoms with Gasteiger partial charge in [0.1, 0.15) is 5.69 Å². The van der Waals surface area contributed by atoms with E-state index in [1.165, 1.54) is 6.07 Å². The molecule has 2 amide bonds. The lowest BCUT2D eigenvalue weighted by Gasteiger charge is -2.09.